The maximum Gasteiger partial charge on any atom is 0.329 e. The van der Waals surface area contributed by atoms with Crippen molar-refractivity contribution >= 4 is 24.1 Å². The maximum atomic E-state index is 12.5. The van der Waals surface area contributed by atoms with Gasteiger partial charge in [-0.15, -0.1) is 0 Å². The highest BCUT2D eigenvalue weighted by Crippen LogP contribution is 2.14. The zero-order valence-electron chi connectivity index (χ0n) is 17.3. The van der Waals surface area contributed by atoms with Crippen molar-refractivity contribution in [3.05, 3.63) is 35.4 Å². The monoisotopic (exact) mass is 391 g/mol. The van der Waals surface area contributed by atoms with Gasteiger partial charge in [0.05, 0.1) is 0 Å². The number of rotatable bonds is 7. The molecule has 0 heterocycles. The fourth-order valence-corrected chi connectivity index (χ4v) is 2.23. The van der Waals surface area contributed by atoms with Crippen LogP contribution in [0.5, 0.6) is 0 Å². The van der Waals surface area contributed by atoms with Crippen LogP contribution in [-0.2, 0) is 19.1 Å². The molecule has 1 amide bonds. The molecule has 7 heteroatoms. The molecule has 28 heavy (non-hydrogen) atoms. The Morgan fingerprint density at radius 1 is 0.964 bits per heavy atom. The third kappa shape index (κ3) is 8.79. The van der Waals surface area contributed by atoms with E-state index in [1.807, 2.05) is 0 Å². The van der Waals surface area contributed by atoms with Crippen molar-refractivity contribution in [1.82, 2.24) is 5.32 Å². The van der Waals surface area contributed by atoms with Crippen molar-refractivity contribution in [3.63, 3.8) is 0 Å². The molecule has 7 nitrogen and oxygen atoms in total. The molecule has 0 spiro atoms. The van der Waals surface area contributed by atoms with E-state index in [1.165, 1.54) is 24.3 Å². The summed E-state index contributed by atoms with van der Waals surface area (Å²) in [4.78, 5) is 47.7. The van der Waals surface area contributed by atoms with Gasteiger partial charge < -0.3 is 14.8 Å². The summed E-state index contributed by atoms with van der Waals surface area (Å²) in [6, 6.07) is 4.97. The van der Waals surface area contributed by atoms with E-state index in [4.69, 9.17) is 9.47 Å². The first-order chi connectivity index (χ1) is 12.8. The Labute approximate surface area is 165 Å². The SMILES string of the molecule is CC(C)(C)OC(=O)CC[C@@H](NC(=O)c1ccc(C=O)cc1)C(=O)OC(C)(C)C. The minimum absolute atomic E-state index is 0.0436. The molecule has 0 bridgehead atoms. The zero-order valence-corrected chi connectivity index (χ0v) is 17.3. The van der Waals surface area contributed by atoms with E-state index >= 15 is 0 Å². The normalized spacial score (nSPS) is 12.6. The van der Waals surface area contributed by atoms with Gasteiger partial charge in [0.1, 0.15) is 23.5 Å². The van der Waals surface area contributed by atoms with E-state index < -0.39 is 35.1 Å². The lowest BCUT2D eigenvalue weighted by Gasteiger charge is -2.25. The van der Waals surface area contributed by atoms with Crippen LogP contribution >= 0.6 is 0 Å². The van der Waals surface area contributed by atoms with E-state index in [2.05, 4.69) is 5.32 Å². The van der Waals surface area contributed by atoms with Gasteiger partial charge in [0.2, 0.25) is 0 Å². The van der Waals surface area contributed by atoms with Crippen molar-refractivity contribution in [2.75, 3.05) is 0 Å². The number of amides is 1. The highest BCUT2D eigenvalue weighted by atomic mass is 16.6. The molecular weight excluding hydrogens is 362 g/mol. The van der Waals surface area contributed by atoms with Crippen LogP contribution in [-0.4, -0.2) is 41.4 Å². The molecule has 0 saturated carbocycles. The van der Waals surface area contributed by atoms with Crippen LogP contribution in [0.2, 0.25) is 0 Å². The molecule has 1 atom stereocenters. The summed E-state index contributed by atoms with van der Waals surface area (Å²) in [6.45, 7) is 10.4. The Hall–Kier alpha value is -2.70. The Balaban J connectivity index is 2.86. The van der Waals surface area contributed by atoms with Crippen molar-refractivity contribution in [3.8, 4) is 0 Å². The van der Waals surface area contributed by atoms with Crippen LogP contribution in [0.1, 0.15) is 75.1 Å². The van der Waals surface area contributed by atoms with Crippen LogP contribution in [0, 0.1) is 0 Å². The smallest absolute Gasteiger partial charge is 0.329 e. The first-order valence-corrected chi connectivity index (χ1v) is 9.11. The van der Waals surface area contributed by atoms with Crippen molar-refractivity contribution in [2.24, 2.45) is 0 Å². The maximum absolute atomic E-state index is 12.5. The molecule has 0 unspecified atom stereocenters. The second-order valence-electron chi connectivity index (χ2n) is 8.42. The lowest BCUT2D eigenvalue weighted by molar-refractivity contribution is -0.158. The number of hydrogen-bond acceptors (Lipinski definition) is 6. The predicted octanol–water partition coefficient (Wildman–Crippen LogP) is 3.06. The topological polar surface area (TPSA) is 98.8 Å². The third-order valence-electron chi connectivity index (χ3n) is 3.36. The molecule has 0 radical (unpaired) electrons. The second kappa shape index (κ2) is 9.48. The first-order valence-electron chi connectivity index (χ1n) is 9.11. The van der Waals surface area contributed by atoms with Crippen LogP contribution < -0.4 is 5.32 Å². The predicted molar refractivity (Wildman–Crippen MR) is 104 cm³/mol. The van der Waals surface area contributed by atoms with E-state index in [0.717, 1.165) is 0 Å². The van der Waals surface area contributed by atoms with Crippen molar-refractivity contribution in [2.45, 2.75) is 71.6 Å². The van der Waals surface area contributed by atoms with Crippen LogP contribution in [0.15, 0.2) is 24.3 Å². The molecular formula is C21H29NO6. The summed E-state index contributed by atoms with van der Waals surface area (Å²) in [6.07, 6.45) is 0.666. The molecule has 1 N–H and O–H groups in total. The fraction of sp³-hybridized carbons (Fsp3) is 0.524. The van der Waals surface area contributed by atoms with Crippen molar-refractivity contribution < 1.29 is 28.7 Å². The molecule has 0 aliphatic heterocycles. The molecule has 154 valence electrons. The number of esters is 2. The summed E-state index contributed by atoms with van der Waals surface area (Å²) in [5.74, 6) is -1.60. The number of nitrogens with one attached hydrogen (secondary N) is 1. The third-order valence-corrected chi connectivity index (χ3v) is 3.36. The number of benzene rings is 1. The fourth-order valence-electron chi connectivity index (χ4n) is 2.23. The minimum Gasteiger partial charge on any atom is -0.460 e. The van der Waals surface area contributed by atoms with Gasteiger partial charge in [-0.25, -0.2) is 4.79 Å². The van der Waals surface area contributed by atoms with Gasteiger partial charge in [0, 0.05) is 17.5 Å². The van der Waals surface area contributed by atoms with Crippen LogP contribution in [0.4, 0.5) is 0 Å². The average Bonchev–Trinajstić information content (AvgIpc) is 2.55. The molecule has 0 aliphatic rings. The summed E-state index contributed by atoms with van der Waals surface area (Å²) in [5, 5.41) is 2.60. The minimum atomic E-state index is -1.01. The molecule has 0 aliphatic carbocycles. The van der Waals surface area contributed by atoms with E-state index in [0.29, 0.717) is 11.8 Å². The van der Waals surface area contributed by atoms with Gasteiger partial charge in [0.15, 0.2) is 0 Å². The molecule has 0 saturated heterocycles. The highest BCUT2D eigenvalue weighted by molar-refractivity contribution is 5.97. The first kappa shape index (κ1) is 23.3. The van der Waals surface area contributed by atoms with Crippen LogP contribution in [0.3, 0.4) is 0 Å². The van der Waals surface area contributed by atoms with Gasteiger partial charge in [-0.05, 0) is 60.1 Å². The summed E-state index contributed by atoms with van der Waals surface area (Å²) in [7, 11) is 0. The molecule has 0 fully saturated rings. The van der Waals surface area contributed by atoms with Gasteiger partial charge >= 0.3 is 11.9 Å². The largest absolute Gasteiger partial charge is 0.460 e. The molecule has 0 aromatic heterocycles. The molecule has 1 aromatic carbocycles. The Morgan fingerprint density at radius 3 is 1.96 bits per heavy atom. The Bertz CT molecular complexity index is 710. The Morgan fingerprint density at radius 2 is 1.50 bits per heavy atom. The van der Waals surface area contributed by atoms with Gasteiger partial charge in [0.25, 0.3) is 5.91 Å². The number of carbonyl (C=O) groups excluding carboxylic acids is 4. The number of carbonyl (C=O) groups is 4. The number of aldehydes is 1. The lowest BCUT2D eigenvalue weighted by Crippen LogP contribution is -2.44. The van der Waals surface area contributed by atoms with E-state index in [1.54, 1.807) is 41.5 Å². The summed E-state index contributed by atoms with van der Waals surface area (Å²) >= 11 is 0. The Kier molecular flexibility index (Phi) is 7.90. The average molecular weight is 391 g/mol. The van der Waals surface area contributed by atoms with Gasteiger partial charge in [-0.2, -0.15) is 0 Å². The van der Waals surface area contributed by atoms with Gasteiger partial charge in [-0.3, -0.25) is 14.4 Å². The summed E-state index contributed by atoms with van der Waals surface area (Å²) < 4.78 is 10.6. The quantitative estimate of drug-likeness (QED) is 0.566. The lowest BCUT2D eigenvalue weighted by atomic mass is 10.1. The molecule has 1 rings (SSSR count). The molecule has 1 aromatic rings. The van der Waals surface area contributed by atoms with Gasteiger partial charge in [-0.1, -0.05) is 12.1 Å². The summed E-state index contributed by atoms with van der Waals surface area (Å²) in [5.41, 5.74) is -0.652. The standard InChI is InChI=1S/C21H29NO6/c1-20(2,3)27-17(24)12-11-16(19(26)28-21(4,5)6)22-18(25)15-9-7-14(13-23)8-10-15/h7-10,13,16H,11-12H2,1-6H3,(H,22,25)/t16-/m1/s1. The zero-order chi connectivity index (χ0) is 21.5. The number of ether oxygens (including phenoxy) is 2. The second-order valence-corrected chi connectivity index (χ2v) is 8.42. The van der Waals surface area contributed by atoms with Crippen molar-refractivity contribution in [1.29, 1.82) is 0 Å². The number of hydrogen-bond donors (Lipinski definition) is 1. The van der Waals surface area contributed by atoms with Crippen LogP contribution in [0.25, 0.3) is 0 Å². The van der Waals surface area contributed by atoms with E-state index in [-0.39, 0.29) is 18.4 Å². The highest BCUT2D eigenvalue weighted by Gasteiger charge is 2.28. The van der Waals surface area contributed by atoms with E-state index in [9.17, 15) is 19.2 Å².